The Labute approximate surface area is 122 Å². The molecule has 1 saturated heterocycles. The van der Waals surface area contributed by atoms with E-state index in [0.717, 1.165) is 16.0 Å². The van der Waals surface area contributed by atoms with Crippen LogP contribution in [0.25, 0.3) is 0 Å². The van der Waals surface area contributed by atoms with Crippen molar-refractivity contribution in [3.63, 3.8) is 0 Å². The third-order valence-electron chi connectivity index (χ3n) is 3.34. The molecule has 0 atom stereocenters. The average Bonchev–Trinajstić information content (AvgIpc) is 2.94. The summed E-state index contributed by atoms with van der Waals surface area (Å²) in [4.78, 5) is 2.42. The predicted molar refractivity (Wildman–Crippen MR) is 82.1 cm³/mol. The van der Waals surface area contributed by atoms with E-state index in [1.54, 1.807) is 0 Å². The molecule has 0 amide bonds. The smallest absolute Gasteiger partial charge is 0.128 e. The molecule has 3 heteroatoms. The van der Waals surface area contributed by atoms with Crippen LogP contribution in [0, 0.1) is 0 Å². The van der Waals surface area contributed by atoms with Gasteiger partial charge in [-0.15, -0.1) is 0 Å². The monoisotopic (exact) mass is 317 g/mol. The second-order valence-corrected chi connectivity index (χ2v) is 5.66. The van der Waals surface area contributed by atoms with Crippen molar-refractivity contribution in [1.82, 2.24) is 0 Å². The Bertz CT molecular complexity index is 547. The first-order chi connectivity index (χ1) is 9.31. The number of nitrogens with zero attached hydrogens (tertiary/aromatic N) is 1. The largest absolute Gasteiger partial charge is 0.457 e. The minimum Gasteiger partial charge on any atom is -0.457 e. The van der Waals surface area contributed by atoms with Gasteiger partial charge in [0.05, 0.1) is 0 Å². The second-order valence-electron chi connectivity index (χ2n) is 4.75. The van der Waals surface area contributed by atoms with Gasteiger partial charge in [-0.05, 0) is 55.3 Å². The van der Waals surface area contributed by atoms with E-state index in [4.69, 9.17) is 4.74 Å². The molecule has 0 spiro atoms. The fourth-order valence-corrected chi connectivity index (χ4v) is 2.75. The molecule has 98 valence electrons. The summed E-state index contributed by atoms with van der Waals surface area (Å²) in [5.41, 5.74) is 1.29. The van der Waals surface area contributed by atoms with E-state index in [1.165, 1.54) is 31.6 Å². The Kier molecular flexibility index (Phi) is 3.74. The number of anilines is 1. The third kappa shape index (κ3) is 3.10. The summed E-state index contributed by atoms with van der Waals surface area (Å²) in [5.74, 6) is 1.73. The van der Waals surface area contributed by atoms with E-state index >= 15 is 0 Å². The van der Waals surface area contributed by atoms with Crippen molar-refractivity contribution in [2.75, 3.05) is 18.0 Å². The zero-order chi connectivity index (χ0) is 13.1. The van der Waals surface area contributed by atoms with E-state index < -0.39 is 0 Å². The van der Waals surface area contributed by atoms with Crippen LogP contribution >= 0.6 is 15.9 Å². The number of rotatable bonds is 3. The molecule has 0 aliphatic carbocycles. The maximum absolute atomic E-state index is 5.83. The van der Waals surface area contributed by atoms with E-state index in [-0.39, 0.29) is 0 Å². The maximum atomic E-state index is 5.83. The van der Waals surface area contributed by atoms with Gasteiger partial charge in [-0.3, -0.25) is 0 Å². The highest BCUT2D eigenvalue weighted by Crippen LogP contribution is 2.27. The molecule has 0 aromatic heterocycles. The van der Waals surface area contributed by atoms with E-state index in [2.05, 4.69) is 33.0 Å². The molecule has 1 aliphatic heterocycles. The quantitative estimate of drug-likeness (QED) is 0.803. The standard InChI is InChI=1S/C16H16BrNO/c17-13-4-3-5-16(12-13)19-15-8-6-14(7-9-15)18-10-1-2-11-18/h3-9,12H,1-2,10-11H2. The van der Waals surface area contributed by atoms with Gasteiger partial charge >= 0.3 is 0 Å². The molecule has 0 radical (unpaired) electrons. The highest BCUT2D eigenvalue weighted by molar-refractivity contribution is 9.10. The van der Waals surface area contributed by atoms with Crippen molar-refractivity contribution in [2.45, 2.75) is 12.8 Å². The van der Waals surface area contributed by atoms with Crippen LogP contribution in [0.1, 0.15) is 12.8 Å². The van der Waals surface area contributed by atoms with Crippen molar-refractivity contribution in [3.8, 4) is 11.5 Å². The van der Waals surface area contributed by atoms with Crippen molar-refractivity contribution in [3.05, 3.63) is 53.0 Å². The minimum absolute atomic E-state index is 0.850. The average molecular weight is 318 g/mol. The molecular formula is C16H16BrNO. The Hall–Kier alpha value is -1.48. The highest BCUT2D eigenvalue weighted by Gasteiger charge is 2.11. The molecule has 0 unspecified atom stereocenters. The molecular weight excluding hydrogens is 302 g/mol. The molecule has 19 heavy (non-hydrogen) atoms. The summed E-state index contributed by atoms with van der Waals surface area (Å²) < 4.78 is 6.85. The van der Waals surface area contributed by atoms with Gasteiger partial charge in [0.1, 0.15) is 11.5 Å². The minimum atomic E-state index is 0.850. The Morgan fingerprint density at radius 2 is 1.63 bits per heavy atom. The lowest BCUT2D eigenvalue weighted by molar-refractivity contribution is 0.482. The van der Waals surface area contributed by atoms with Crippen LogP contribution < -0.4 is 9.64 Å². The molecule has 1 heterocycles. The van der Waals surface area contributed by atoms with Gasteiger partial charge in [-0.25, -0.2) is 0 Å². The maximum Gasteiger partial charge on any atom is 0.128 e. The van der Waals surface area contributed by atoms with Gasteiger partial charge < -0.3 is 9.64 Å². The number of hydrogen-bond donors (Lipinski definition) is 0. The van der Waals surface area contributed by atoms with Gasteiger partial charge in [-0.1, -0.05) is 22.0 Å². The van der Waals surface area contributed by atoms with Crippen molar-refractivity contribution in [1.29, 1.82) is 0 Å². The second kappa shape index (κ2) is 5.66. The summed E-state index contributed by atoms with van der Waals surface area (Å²) in [6.45, 7) is 2.34. The molecule has 0 N–H and O–H groups in total. The third-order valence-corrected chi connectivity index (χ3v) is 3.83. The van der Waals surface area contributed by atoms with Gasteiger partial charge in [0.2, 0.25) is 0 Å². The molecule has 2 aromatic carbocycles. The van der Waals surface area contributed by atoms with Crippen LogP contribution in [-0.4, -0.2) is 13.1 Å². The van der Waals surface area contributed by atoms with Gasteiger partial charge in [0.25, 0.3) is 0 Å². The molecule has 1 aliphatic rings. The Morgan fingerprint density at radius 1 is 0.895 bits per heavy atom. The van der Waals surface area contributed by atoms with Crippen LogP contribution in [-0.2, 0) is 0 Å². The number of halogens is 1. The van der Waals surface area contributed by atoms with Crippen LogP contribution in [0.2, 0.25) is 0 Å². The van der Waals surface area contributed by atoms with Crippen LogP contribution in [0.5, 0.6) is 11.5 Å². The van der Waals surface area contributed by atoms with Gasteiger partial charge in [0.15, 0.2) is 0 Å². The summed E-state index contributed by atoms with van der Waals surface area (Å²) in [7, 11) is 0. The fraction of sp³-hybridized carbons (Fsp3) is 0.250. The zero-order valence-corrected chi connectivity index (χ0v) is 12.3. The molecule has 1 fully saturated rings. The lowest BCUT2D eigenvalue weighted by Crippen LogP contribution is -2.17. The SMILES string of the molecule is Brc1cccc(Oc2ccc(N3CCCC3)cc2)c1. The molecule has 0 saturated carbocycles. The normalized spacial score (nSPS) is 14.7. The highest BCUT2D eigenvalue weighted by atomic mass is 79.9. The topological polar surface area (TPSA) is 12.5 Å². The first-order valence-corrected chi connectivity index (χ1v) is 7.39. The van der Waals surface area contributed by atoms with Crippen LogP contribution in [0.15, 0.2) is 53.0 Å². The predicted octanol–water partition coefficient (Wildman–Crippen LogP) is 4.84. The lowest BCUT2D eigenvalue weighted by Gasteiger charge is -2.17. The first-order valence-electron chi connectivity index (χ1n) is 6.60. The van der Waals surface area contributed by atoms with E-state index in [0.29, 0.717) is 0 Å². The summed E-state index contributed by atoms with van der Waals surface area (Å²) in [6, 6.07) is 16.2. The number of ether oxygens (including phenoxy) is 1. The van der Waals surface area contributed by atoms with Crippen molar-refractivity contribution in [2.24, 2.45) is 0 Å². The van der Waals surface area contributed by atoms with Crippen molar-refractivity contribution >= 4 is 21.6 Å². The Balaban J connectivity index is 1.72. The van der Waals surface area contributed by atoms with Crippen LogP contribution in [0.4, 0.5) is 5.69 Å². The van der Waals surface area contributed by atoms with Gasteiger partial charge in [0, 0.05) is 23.2 Å². The molecule has 2 aromatic rings. The van der Waals surface area contributed by atoms with E-state index in [1.807, 2.05) is 36.4 Å². The van der Waals surface area contributed by atoms with E-state index in [9.17, 15) is 0 Å². The molecule has 2 nitrogen and oxygen atoms in total. The summed E-state index contributed by atoms with van der Waals surface area (Å²) >= 11 is 3.45. The molecule has 3 rings (SSSR count). The fourth-order valence-electron chi connectivity index (χ4n) is 2.37. The Morgan fingerprint density at radius 3 is 2.32 bits per heavy atom. The first kappa shape index (κ1) is 12.5. The summed E-state index contributed by atoms with van der Waals surface area (Å²) in [5, 5.41) is 0. The van der Waals surface area contributed by atoms with Crippen molar-refractivity contribution < 1.29 is 4.74 Å². The summed E-state index contributed by atoms with van der Waals surface area (Å²) in [6.07, 6.45) is 2.60. The number of hydrogen-bond acceptors (Lipinski definition) is 2. The molecule has 0 bridgehead atoms. The van der Waals surface area contributed by atoms with Crippen LogP contribution in [0.3, 0.4) is 0 Å². The zero-order valence-electron chi connectivity index (χ0n) is 10.7. The van der Waals surface area contributed by atoms with Gasteiger partial charge in [-0.2, -0.15) is 0 Å². The number of benzene rings is 2. The lowest BCUT2D eigenvalue weighted by atomic mass is 10.3.